The van der Waals surface area contributed by atoms with Gasteiger partial charge in [-0.15, -0.1) is 0 Å². The number of rotatable bonds is 7. The number of ether oxygens (including phenoxy) is 3. The predicted molar refractivity (Wildman–Crippen MR) is 105 cm³/mol. The maximum atomic E-state index is 12.4. The zero-order chi connectivity index (χ0) is 19.2. The standard InChI is InChI=1S/C22H27NO4/c1-15(27-19-10-9-17-6-4-5-7-18(17)13-19)22(24)23-14-16-8-11-20(25-2)21(12-16)26-3/h8-13,15H,4-7,14H2,1-3H3,(H,23,24)/t15-/m0/s1. The Bertz CT molecular complexity index is 803. The summed E-state index contributed by atoms with van der Waals surface area (Å²) in [5.41, 5.74) is 3.68. The van der Waals surface area contributed by atoms with Gasteiger partial charge in [-0.05, 0) is 73.6 Å². The first kappa shape index (κ1) is 19.1. The van der Waals surface area contributed by atoms with Crippen LogP contribution < -0.4 is 19.5 Å². The smallest absolute Gasteiger partial charge is 0.261 e. The molecule has 0 unspecified atom stereocenters. The van der Waals surface area contributed by atoms with Crippen LogP contribution in [0, 0.1) is 0 Å². The number of fused-ring (bicyclic) bond motifs is 1. The summed E-state index contributed by atoms with van der Waals surface area (Å²) in [5, 5.41) is 2.91. The number of methoxy groups -OCH3 is 2. The number of benzene rings is 2. The maximum absolute atomic E-state index is 12.4. The van der Waals surface area contributed by atoms with Crippen molar-refractivity contribution < 1.29 is 19.0 Å². The van der Waals surface area contributed by atoms with Crippen molar-refractivity contribution in [1.82, 2.24) is 5.32 Å². The van der Waals surface area contributed by atoms with E-state index in [1.54, 1.807) is 21.1 Å². The number of carbonyl (C=O) groups is 1. The van der Waals surface area contributed by atoms with E-state index < -0.39 is 6.10 Å². The molecular formula is C22H27NO4. The minimum atomic E-state index is -0.563. The summed E-state index contributed by atoms with van der Waals surface area (Å²) in [4.78, 5) is 12.4. The zero-order valence-corrected chi connectivity index (χ0v) is 16.2. The largest absolute Gasteiger partial charge is 0.493 e. The Labute approximate surface area is 160 Å². The minimum absolute atomic E-state index is 0.150. The zero-order valence-electron chi connectivity index (χ0n) is 16.2. The van der Waals surface area contributed by atoms with Crippen molar-refractivity contribution in [2.75, 3.05) is 14.2 Å². The van der Waals surface area contributed by atoms with Gasteiger partial charge in [0.2, 0.25) is 0 Å². The number of nitrogens with one attached hydrogen (secondary N) is 1. The molecule has 0 saturated heterocycles. The molecule has 0 spiro atoms. The molecule has 1 aliphatic carbocycles. The molecule has 0 heterocycles. The summed E-state index contributed by atoms with van der Waals surface area (Å²) >= 11 is 0. The normalized spacial score (nSPS) is 14.0. The van der Waals surface area contributed by atoms with Crippen molar-refractivity contribution in [2.45, 2.75) is 45.3 Å². The molecule has 144 valence electrons. The van der Waals surface area contributed by atoms with Crippen LogP contribution in [-0.4, -0.2) is 26.2 Å². The number of hydrogen-bond donors (Lipinski definition) is 1. The number of carbonyl (C=O) groups excluding carboxylic acids is 1. The molecule has 5 heteroatoms. The number of hydrogen-bond acceptors (Lipinski definition) is 4. The first-order valence-electron chi connectivity index (χ1n) is 9.38. The monoisotopic (exact) mass is 369 g/mol. The summed E-state index contributed by atoms with van der Waals surface area (Å²) < 4.78 is 16.4. The van der Waals surface area contributed by atoms with E-state index in [0.29, 0.717) is 18.0 Å². The molecule has 1 N–H and O–H groups in total. The molecule has 3 rings (SSSR count). The van der Waals surface area contributed by atoms with Crippen LogP contribution in [0.2, 0.25) is 0 Å². The van der Waals surface area contributed by atoms with Gasteiger partial charge in [0.05, 0.1) is 14.2 Å². The predicted octanol–water partition coefficient (Wildman–Crippen LogP) is 3.67. The Morgan fingerprint density at radius 3 is 2.48 bits per heavy atom. The van der Waals surface area contributed by atoms with Crippen molar-refractivity contribution in [2.24, 2.45) is 0 Å². The highest BCUT2D eigenvalue weighted by Crippen LogP contribution is 2.28. The first-order chi connectivity index (χ1) is 13.1. The van der Waals surface area contributed by atoms with Crippen molar-refractivity contribution in [3.8, 4) is 17.2 Å². The third-order valence-electron chi connectivity index (χ3n) is 4.92. The van der Waals surface area contributed by atoms with E-state index in [1.165, 1.54) is 24.0 Å². The van der Waals surface area contributed by atoms with Crippen LogP contribution in [0.4, 0.5) is 0 Å². The number of aryl methyl sites for hydroxylation is 2. The quantitative estimate of drug-likeness (QED) is 0.809. The SMILES string of the molecule is COc1ccc(CNC(=O)[C@H](C)Oc2ccc3c(c2)CCCC3)cc1OC. The molecule has 5 nitrogen and oxygen atoms in total. The van der Waals surface area contributed by atoms with E-state index >= 15 is 0 Å². The second-order valence-corrected chi connectivity index (χ2v) is 6.80. The Morgan fingerprint density at radius 1 is 1.00 bits per heavy atom. The lowest BCUT2D eigenvalue weighted by molar-refractivity contribution is -0.127. The molecule has 1 aliphatic rings. The van der Waals surface area contributed by atoms with Crippen molar-refractivity contribution >= 4 is 5.91 Å². The van der Waals surface area contributed by atoms with Crippen LogP contribution in [0.5, 0.6) is 17.2 Å². The molecular weight excluding hydrogens is 342 g/mol. The second-order valence-electron chi connectivity index (χ2n) is 6.80. The molecule has 0 aromatic heterocycles. The topological polar surface area (TPSA) is 56.8 Å². The van der Waals surface area contributed by atoms with Crippen LogP contribution in [-0.2, 0) is 24.2 Å². The Kier molecular flexibility index (Phi) is 6.22. The fraction of sp³-hybridized carbons (Fsp3) is 0.409. The van der Waals surface area contributed by atoms with Gasteiger partial charge in [-0.2, -0.15) is 0 Å². The van der Waals surface area contributed by atoms with Crippen LogP contribution in [0.1, 0.15) is 36.5 Å². The molecule has 1 amide bonds. The van der Waals surface area contributed by atoms with E-state index in [2.05, 4.69) is 17.4 Å². The fourth-order valence-corrected chi connectivity index (χ4v) is 3.36. The van der Waals surface area contributed by atoms with Gasteiger partial charge in [-0.25, -0.2) is 0 Å². The van der Waals surface area contributed by atoms with Gasteiger partial charge in [0.25, 0.3) is 5.91 Å². The van der Waals surface area contributed by atoms with Gasteiger partial charge in [-0.1, -0.05) is 12.1 Å². The van der Waals surface area contributed by atoms with Crippen LogP contribution in [0.3, 0.4) is 0 Å². The summed E-state index contributed by atoms with van der Waals surface area (Å²) in [6.45, 7) is 2.17. The van der Waals surface area contributed by atoms with Gasteiger partial charge in [0.15, 0.2) is 17.6 Å². The number of amides is 1. The second kappa shape index (κ2) is 8.80. The molecule has 27 heavy (non-hydrogen) atoms. The fourth-order valence-electron chi connectivity index (χ4n) is 3.36. The van der Waals surface area contributed by atoms with Gasteiger partial charge in [-0.3, -0.25) is 4.79 Å². The maximum Gasteiger partial charge on any atom is 0.261 e. The first-order valence-corrected chi connectivity index (χ1v) is 9.38. The van der Waals surface area contributed by atoms with Crippen LogP contribution >= 0.6 is 0 Å². The summed E-state index contributed by atoms with van der Waals surface area (Å²) in [6.07, 6.45) is 4.13. The van der Waals surface area contributed by atoms with Gasteiger partial charge >= 0.3 is 0 Å². The van der Waals surface area contributed by atoms with Gasteiger partial charge in [0, 0.05) is 6.54 Å². The van der Waals surface area contributed by atoms with Gasteiger partial charge in [0.1, 0.15) is 5.75 Å². The highest BCUT2D eigenvalue weighted by molar-refractivity contribution is 5.80. The average Bonchev–Trinajstić information content (AvgIpc) is 2.71. The lowest BCUT2D eigenvalue weighted by Crippen LogP contribution is -2.35. The summed E-state index contributed by atoms with van der Waals surface area (Å²) in [5.74, 6) is 1.91. The Morgan fingerprint density at radius 2 is 1.74 bits per heavy atom. The van der Waals surface area contributed by atoms with Crippen molar-refractivity contribution in [1.29, 1.82) is 0 Å². The van der Waals surface area contributed by atoms with Crippen LogP contribution in [0.25, 0.3) is 0 Å². The molecule has 1 atom stereocenters. The Balaban J connectivity index is 1.56. The van der Waals surface area contributed by atoms with E-state index in [9.17, 15) is 4.79 Å². The van der Waals surface area contributed by atoms with Crippen molar-refractivity contribution in [3.05, 3.63) is 53.1 Å². The minimum Gasteiger partial charge on any atom is -0.493 e. The molecule has 0 bridgehead atoms. The average molecular weight is 369 g/mol. The van der Waals surface area contributed by atoms with E-state index in [4.69, 9.17) is 14.2 Å². The van der Waals surface area contributed by atoms with Gasteiger partial charge < -0.3 is 19.5 Å². The molecule has 0 fully saturated rings. The highest BCUT2D eigenvalue weighted by atomic mass is 16.5. The third-order valence-corrected chi connectivity index (χ3v) is 4.92. The Hall–Kier alpha value is -2.69. The molecule has 0 saturated carbocycles. The summed E-state index contributed by atoms with van der Waals surface area (Å²) in [6, 6.07) is 11.7. The third kappa shape index (κ3) is 4.73. The van der Waals surface area contributed by atoms with E-state index in [0.717, 1.165) is 24.2 Å². The molecule has 2 aromatic carbocycles. The molecule has 0 aliphatic heterocycles. The molecule has 0 radical (unpaired) electrons. The lowest BCUT2D eigenvalue weighted by atomic mass is 9.92. The molecule has 2 aromatic rings. The van der Waals surface area contributed by atoms with Crippen LogP contribution in [0.15, 0.2) is 36.4 Å². The van der Waals surface area contributed by atoms with Crippen molar-refractivity contribution in [3.63, 3.8) is 0 Å². The summed E-state index contributed by atoms with van der Waals surface area (Å²) in [7, 11) is 3.19. The van der Waals surface area contributed by atoms with E-state index in [1.807, 2.05) is 24.3 Å². The lowest BCUT2D eigenvalue weighted by Gasteiger charge is -2.19. The van der Waals surface area contributed by atoms with E-state index in [-0.39, 0.29) is 5.91 Å². The highest BCUT2D eigenvalue weighted by Gasteiger charge is 2.16.